The van der Waals surface area contributed by atoms with E-state index >= 15 is 0 Å². The minimum atomic E-state index is -1.04. The van der Waals surface area contributed by atoms with Crippen molar-refractivity contribution in [3.8, 4) is 0 Å². The maximum absolute atomic E-state index is 13.7. The lowest BCUT2D eigenvalue weighted by Gasteiger charge is -2.08. The molecule has 8 heteroatoms. The van der Waals surface area contributed by atoms with Crippen molar-refractivity contribution in [2.75, 3.05) is 0 Å². The molecule has 0 aliphatic carbocycles. The number of nitrogens with zero attached hydrogens (tertiary/aromatic N) is 3. The van der Waals surface area contributed by atoms with E-state index in [1.54, 1.807) is 0 Å². The number of benzene rings is 2. The number of halogens is 2. The fourth-order valence-electron chi connectivity index (χ4n) is 2.23. The second-order valence-corrected chi connectivity index (χ2v) is 4.85. The number of rotatable bonds is 3. The molecule has 0 saturated heterocycles. The maximum atomic E-state index is 13.7. The van der Waals surface area contributed by atoms with Crippen LogP contribution >= 0.6 is 0 Å². The number of aromatic nitrogens is 2. The molecule has 0 atom stereocenters. The molecule has 6 nitrogen and oxygen atoms in total. The fraction of sp³-hybridized carbons (Fsp3) is 0.0667. The number of hydrogen-bond acceptors (Lipinski definition) is 4. The van der Waals surface area contributed by atoms with E-state index in [1.807, 2.05) is 0 Å². The Morgan fingerprint density at radius 1 is 1.22 bits per heavy atom. The summed E-state index contributed by atoms with van der Waals surface area (Å²) < 4.78 is 28.0. The van der Waals surface area contributed by atoms with Gasteiger partial charge in [-0.2, -0.15) is 0 Å². The van der Waals surface area contributed by atoms with E-state index in [-0.39, 0.29) is 28.7 Å². The average molecular weight is 317 g/mol. The summed E-state index contributed by atoms with van der Waals surface area (Å²) in [6, 6.07) is 7.38. The van der Waals surface area contributed by atoms with E-state index in [4.69, 9.17) is 0 Å². The SMILES string of the molecule is O=c1c2cc([N+](=O)[O-])ccc2ncn1Cc1cccc(F)c1F. The van der Waals surface area contributed by atoms with Crippen LogP contribution in [0.2, 0.25) is 0 Å². The first-order valence-electron chi connectivity index (χ1n) is 6.54. The van der Waals surface area contributed by atoms with Crippen molar-refractivity contribution < 1.29 is 13.7 Å². The predicted molar refractivity (Wildman–Crippen MR) is 78.1 cm³/mol. The molecule has 0 bridgehead atoms. The summed E-state index contributed by atoms with van der Waals surface area (Å²) >= 11 is 0. The standard InChI is InChI=1S/C15H9F2N3O3/c16-12-3-1-2-9(14(12)17)7-19-8-18-13-5-4-10(20(22)23)6-11(13)15(19)21/h1-6,8H,7H2. The van der Waals surface area contributed by atoms with E-state index in [9.17, 15) is 23.7 Å². The van der Waals surface area contributed by atoms with E-state index in [2.05, 4.69) is 4.98 Å². The maximum Gasteiger partial charge on any atom is 0.270 e. The molecule has 3 rings (SSSR count). The van der Waals surface area contributed by atoms with Crippen LogP contribution < -0.4 is 5.56 Å². The molecule has 0 radical (unpaired) electrons. The quantitative estimate of drug-likeness (QED) is 0.549. The third-order valence-corrected chi connectivity index (χ3v) is 3.39. The molecule has 0 fully saturated rings. The number of nitro groups is 1. The summed E-state index contributed by atoms with van der Waals surface area (Å²) in [5, 5.41) is 10.8. The van der Waals surface area contributed by atoms with Gasteiger partial charge in [-0.3, -0.25) is 19.5 Å². The molecular formula is C15H9F2N3O3. The highest BCUT2D eigenvalue weighted by Gasteiger charge is 2.13. The Hall–Kier alpha value is -3.16. The van der Waals surface area contributed by atoms with Gasteiger partial charge in [-0.05, 0) is 12.1 Å². The molecule has 23 heavy (non-hydrogen) atoms. The summed E-state index contributed by atoms with van der Waals surface area (Å²) in [5.41, 5.74) is -0.538. The van der Waals surface area contributed by atoms with Gasteiger partial charge in [-0.15, -0.1) is 0 Å². The van der Waals surface area contributed by atoms with Gasteiger partial charge in [-0.1, -0.05) is 12.1 Å². The number of hydrogen-bond donors (Lipinski definition) is 0. The minimum absolute atomic E-state index is 0.0151. The van der Waals surface area contributed by atoms with Crippen LogP contribution in [-0.2, 0) is 6.54 Å². The predicted octanol–water partition coefficient (Wildman–Crippen LogP) is 2.63. The van der Waals surface area contributed by atoms with Gasteiger partial charge in [0.25, 0.3) is 11.2 Å². The summed E-state index contributed by atoms with van der Waals surface area (Å²) in [7, 11) is 0. The highest BCUT2D eigenvalue weighted by Crippen LogP contribution is 2.17. The molecule has 0 saturated carbocycles. The van der Waals surface area contributed by atoms with Crippen LogP contribution in [0.4, 0.5) is 14.5 Å². The molecule has 3 aromatic rings. The molecule has 0 amide bonds. The van der Waals surface area contributed by atoms with Gasteiger partial charge < -0.3 is 0 Å². The molecule has 2 aromatic carbocycles. The Morgan fingerprint density at radius 3 is 2.74 bits per heavy atom. The van der Waals surface area contributed by atoms with E-state index in [1.165, 1.54) is 30.6 Å². The minimum Gasteiger partial charge on any atom is -0.294 e. The second kappa shape index (κ2) is 5.56. The molecule has 1 aromatic heterocycles. The summed E-state index contributed by atoms with van der Waals surface area (Å²) in [6.45, 7) is -0.228. The molecule has 0 N–H and O–H groups in total. The molecule has 0 unspecified atom stereocenters. The van der Waals surface area contributed by atoms with Crippen LogP contribution in [-0.4, -0.2) is 14.5 Å². The zero-order valence-corrected chi connectivity index (χ0v) is 11.6. The highest BCUT2D eigenvalue weighted by atomic mass is 19.2. The van der Waals surface area contributed by atoms with E-state index in [0.29, 0.717) is 0 Å². The van der Waals surface area contributed by atoms with Gasteiger partial charge in [0.15, 0.2) is 11.6 Å². The molecule has 0 aliphatic rings. The van der Waals surface area contributed by atoms with Crippen molar-refractivity contribution in [3.63, 3.8) is 0 Å². The van der Waals surface area contributed by atoms with Crippen molar-refractivity contribution in [1.82, 2.24) is 9.55 Å². The van der Waals surface area contributed by atoms with Gasteiger partial charge in [0.1, 0.15) is 0 Å². The van der Waals surface area contributed by atoms with Gasteiger partial charge in [-0.25, -0.2) is 13.8 Å². The highest BCUT2D eigenvalue weighted by molar-refractivity contribution is 5.79. The average Bonchev–Trinajstić information content (AvgIpc) is 2.54. The fourth-order valence-corrected chi connectivity index (χ4v) is 2.23. The van der Waals surface area contributed by atoms with Crippen molar-refractivity contribution >= 4 is 16.6 Å². The molecule has 0 aliphatic heterocycles. The first kappa shape index (κ1) is 14.8. The number of fused-ring (bicyclic) bond motifs is 1. The lowest BCUT2D eigenvalue weighted by atomic mass is 10.2. The third-order valence-electron chi connectivity index (χ3n) is 3.39. The second-order valence-electron chi connectivity index (χ2n) is 4.85. The number of non-ortho nitro benzene ring substituents is 1. The van der Waals surface area contributed by atoms with Crippen molar-refractivity contribution in [3.05, 3.63) is 80.4 Å². The zero-order valence-electron chi connectivity index (χ0n) is 11.6. The van der Waals surface area contributed by atoms with E-state index < -0.39 is 22.1 Å². The monoisotopic (exact) mass is 317 g/mol. The Bertz CT molecular complexity index is 985. The van der Waals surface area contributed by atoms with Gasteiger partial charge in [0, 0.05) is 17.7 Å². The van der Waals surface area contributed by atoms with Crippen molar-refractivity contribution in [1.29, 1.82) is 0 Å². The Kier molecular flexibility index (Phi) is 3.57. The van der Waals surface area contributed by atoms with Crippen LogP contribution in [0, 0.1) is 21.7 Å². The van der Waals surface area contributed by atoms with Crippen LogP contribution in [0.1, 0.15) is 5.56 Å². The normalized spacial score (nSPS) is 10.9. The van der Waals surface area contributed by atoms with Crippen molar-refractivity contribution in [2.45, 2.75) is 6.54 Å². The lowest BCUT2D eigenvalue weighted by Crippen LogP contribution is -2.21. The van der Waals surface area contributed by atoms with Gasteiger partial charge in [0.05, 0.1) is 28.7 Å². The van der Waals surface area contributed by atoms with E-state index in [0.717, 1.165) is 16.7 Å². The lowest BCUT2D eigenvalue weighted by molar-refractivity contribution is -0.384. The molecule has 1 heterocycles. The van der Waals surface area contributed by atoms with Crippen LogP contribution in [0.3, 0.4) is 0 Å². The smallest absolute Gasteiger partial charge is 0.270 e. The molecular weight excluding hydrogens is 308 g/mol. The van der Waals surface area contributed by atoms with Crippen LogP contribution in [0.25, 0.3) is 10.9 Å². The molecule has 116 valence electrons. The Labute approximate surface area is 127 Å². The Morgan fingerprint density at radius 2 is 2.00 bits per heavy atom. The largest absolute Gasteiger partial charge is 0.294 e. The summed E-state index contributed by atoms with van der Waals surface area (Å²) in [5.74, 6) is -2.06. The van der Waals surface area contributed by atoms with Crippen LogP contribution in [0.15, 0.2) is 47.5 Å². The summed E-state index contributed by atoms with van der Waals surface area (Å²) in [4.78, 5) is 26.6. The third kappa shape index (κ3) is 2.66. The van der Waals surface area contributed by atoms with Crippen LogP contribution in [0.5, 0.6) is 0 Å². The van der Waals surface area contributed by atoms with Gasteiger partial charge in [0.2, 0.25) is 0 Å². The number of nitro benzene ring substituents is 1. The summed E-state index contributed by atoms with van der Waals surface area (Å²) in [6.07, 6.45) is 1.20. The first-order valence-corrected chi connectivity index (χ1v) is 6.54. The van der Waals surface area contributed by atoms with Gasteiger partial charge >= 0.3 is 0 Å². The first-order chi connectivity index (χ1) is 11.0. The zero-order chi connectivity index (χ0) is 16.6. The molecule has 0 spiro atoms. The van der Waals surface area contributed by atoms with Crippen molar-refractivity contribution in [2.24, 2.45) is 0 Å². The topological polar surface area (TPSA) is 78.0 Å². The Balaban J connectivity index is 2.11.